The molecule has 0 saturated carbocycles. The maximum Gasteiger partial charge on any atom is 1.00 e. The van der Waals surface area contributed by atoms with Gasteiger partial charge in [-0.25, -0.2) is 0 Å². The summed E-state index contributed by atoms with van der Waals surface area (Å²) in [5.74, 6) is -0.328. The number of hydrogen-bond acceptors (Lipinski definition) is 9. The third-order valence-electron chi connectivity index (χ3n) is 2.11. The van der Waals surface area contributed by atoms with E-state index in [4.69, 9.17) is 4.18 Å². The molecule has 13 heteroatoms. The Bertz CT molecular complexity index is 672. The minimum atomic E-state index is -3.71. The van der Waals surface area contributed by atoms with Crippen LogP contribution < -0.4 is 39.0 Å². The number of alkyl halides is 2. The van der Waals surface area contributed by atoms with E-state index in [1.807, 2.05) is 45.2 Å². The second-order valence-electron chi connectivity index (χ2n) is 3.74. The standard InChI is InChI=1S/C11H11I2NO7S2.Na/c12-3-4-23(17,18)19-9-1-2-11(22-21-20-16)10(5-9)14-7-8(15)6-13;/h1-2,5,7,16H,3-4,6H2;/q;+1/p-1. The second-order valence-corrected chi connectivity index (χ2v) is 8.02. The van der Waals surface area contributed by atoms with Gasteiger partial charge in [0.15, 0.2) is 5.78 Å². The van der Waals surface area contributed by atoms with Crippen LogP contribution in [0.15, 0.2) is 28.1 Å². The van der Waals surface area contributed by atoms with Crippen molar-refractivity contribution in [1.82, 2.24) is 0 Å². The van der Waals surface area contributed by atoms with Gasteiger partial charge in [0.1, 0.15) is 5.75 Å². The summed E-state index contributed by atoms with van der Waals surface area (Å²) in [7, 11) is -3.71. The number of halogens is 2. The molecule has 0 aromatic heterocycles. The fraction of sp³-hybridized carbons (Fsp3) is 0.273. The van der Waals surface area contributed by atoms with Gasteiger partial charge in [0.05, 0.1) is 39.0 Å². The molecular formula is C11H10I2NNaO7S2. The van der Waals surface area contributed by atoms with Crippen molar-refractivity contribution < 1.29 is 61.6 Å². The summed E-state index contributed by atoms with van der Waals surface area (Å²) in [5.41, 5.74) is 0.201. The summed E-state index contributed by atoms with van der Waals surface area (Å²) < 4.78 is 33.1. The van der Waals surface area contributed by atoms with Gasteiger partial charge in [0.25, 0.3) is 0 Å². The van der Waals surface area contributed by atoms with Crippen LogP contribution in [0.4, 0.5) is 5.69 Å². The van der Waals surface area contributed by atoms with Crippen LogP contribution in [0.25, 0.3) is 0 Å². The molecule has 0 amide bonds. The Morgan fingerprint density at radius 1 is 1.38 bits per heavy atom. The minimum Gasteiger partial charge on any atom is -0.691 e. The van der Waals surface area contributed by atoms with Crippen LogP contribution in [-0.2, 0) is 24.3 Å². The summed E-state index contributed by atoms with van der Waals surface area (Å²) in [6, 6.07) is 4.12. The maximum absolute atomic E-state index is 11.7. The molecule has 0 atom stereocenters. The van der Waals surface area contributed by atoms with Gasteiger partial charge >= 0.3 is 39.7 Å². The molecule has 0 radical (unpaired) electrons. The third-order valence-corrected chi connectivity index (χ3v) is 5.93. The fourth-order valence-corrected chi connectivity index (χ4v) is 4.14. The molecule has 8 nitrogen and oxygen atoms in total. The van der Waals surface area contributed by atoms with Gasteiger partial charge in [-0.1, -0.05) is 45.2 Å². The van der Waals surface area contributed by atoms with E-state index in [1.54, 1.807) is 0 Å². The molecule has 1 aromatic carbocycles. The molecular weight excluding hydrogens is 599 g/mol. The van der Waals surface area contributed by atoms with Gasteiger partial charge < -0.3 is 9.44 Å². The molecule has 0 bridgehead atoms. The Kier molecular flexibility index (Phi) is 13.8. The van der Waals surface area contributed by atoms with Gasteiger partial charge in [0.2, 0.25) is 0 Å². The average Bonchev–Trinajstić information content (AvgIpc) is 2.51. The van der Waals surface area contributed by atoms with E-state index in [-0.39, 0.29) is 57.0 Å². The summed E-state index contributed by atoms with van der Waals surface area (Å²) in [4.78, 5) is 15.6. The van der Waals surface area contributed by atoms with Crippen LogP contribution in [0.2, 0.25) is 0 Å². The summed E-state index contributed by atoms with van der Waals surface area (Å²) in [6.45, 7) is 0. The van der Waals surface area contributed by atoms with Crippen LogP contribution in [-0.4, -0.2) is 35.0 Å². The molecule has 1 aromatic rings. The predicted molar refractivity (Wildman–Crippen MR) is 99.8 cm³/mol. The number of carbonyl (C=O) groups is 1. The van der Waals surface area contributed by atoms with Crippen molar-refractivity contribution >= 4 is 85.0 Å². The Morgan fingerprint density at radius 2 is 2.08 bits per heavy atom. The second kappa shape index (κ2) is 13.2. The quantitative estimate of drug-likeness (QED) is 0.0474. The summed E-state index contributed by atoms with van der Waals surface area (Å²) in [6.07, 6.45) is 1.09. The molecule has 0 aliphatic heterocycles. The number of nitrogens with zero attached hydrogens (tertiary/aromatic N) is 1. The predicted octanol–water partition coefficient (Wildman–Crippen LogP) is -1.23. The Morgan fingerprint density at radius 3 is 2.67 bits per heavy atom. The zero-order chi connectivity index (χ0) is 17.3. The topological polar surface area (TPSA) is 114 Å². The third kappa shape index (κ3) is 9.63. The molecule has 128 valence electrons. The summed E-state index contributed by atoms with van der Waals surface area (Å²) in [5, 5.41) is 13.2. The van der Waals surface area contributed by atoms with E-state index in [0.717, 1.165) is 6.21 Å². The average molecular weight is 609 g/mol. The molecule has 0 unspecified atom stereocenters. The number of benzene rings is 1. The molecule has 0 fully saturated rings. The van der Waals surface area contributed by atoms with E-state index in [1.165, 1.54) is 18.2 Å². The van der Waals surface area contributed by atoms with Gasteiger partial charge in [-0.15, -0.1) is 0 Å². The Balaban J connectivity index is 0.00000529. The van der Waals surface area contributed by atoms with E-state index in [0.29, 0.717) is 21.4 Å². The van der Waals surface area contributed by atoms with Gasteiger partial charge in [-0.05, 0) is 12.1 Å². The molecule has 0 spiro atoms. The normalized spacial score (nSPS) is 11.3. The first-order chi connectivity index (χ1) is 10.9. The number of aliphatic imine (C=N–C) groups is 1. The smallest absolute Gasteiger partial charge is 0.691 e. The molecule has 0 N–H and O–H groups in total. The van der Waals surface area contributed by atoms with Crippen LogP contribution in [0.5, 0.6) is 5.75 Å². The molecule has 0 aliphatic carbocycles. The van der Waals surface area contributed by atoms with Gasteiger partial charge in [-0.3, -0.25) is 14.8 Å². The molecule has 0 heterocycles. The molecule has 24 heavy (non-hydrogen) atoms. The minimum absolute atomic E-state index is 0. The molecule has 1 rings (SSSR count). The first-order valence-electron chi connectivity index (χ1n) is 5.80. The Labute approximate surface area is 192 Å². The zero-order valence-corrected chi connectivity index (χ0v) is 20.3. The zero-order valence-electron chi connectivity index (χ0n) is 12.3. The summed E-state index contributed by atoms with van der Waals surface area (Å²) >= 11 is 4.38. The van der Waals surface area contributed by atoms with Crippen molar-refractivity contribution in [3.05, 3.63) is 18.2 Å². The number of carbonyl (C=O) groups excluding carboxylic acids is 1. The van der Waals surface area contributed by atoms with Crippen molar-refractivity contribution in [1.29, 1.82) is 0 Å². The van der Waals surface area contributed by atoms with Crippen LogP contribution in [0, 0.1) is 0 Å². The first-order valence-corrected chi connectivity index (χ1v) is 11.2. The van der Waals surface area contributed by atoms with Crippen molar-refractivity contribution in [2.75, 3.05) is 14.6 Å². The number of rotatable bonds is 10. The van der Waals surface area contributed by atoms with Crippen molar-refractivity contribution in [3.8, 4) is 5.75 Å². The molecule has 0 saturated heterocycles. The van der Waals surface area contributed by atoms with Gasteiger partial charge in [-0.2, -0.15) is 12.8 Å². The van der Waals surface area contributed by atoms with E-state index in [9.17, 15) is 18.5 Å². The van der Waals surface area contributed by atoms with Crippen molar-refractivity contribution in [2.45, 2.75) is 4.90 Å². The van der Waals surface area contributed by atoms with E-state index in [2.05, 4.69) is 14.4 Å². The molecule has 0 aliphatic rings. The van der Waals surface area contributed by atoms with Crippen LogP contribution in [0.3, 0.4) is 0 Å². The van der Waals surface area contributed by atoms with E-state index >= 15 is 0 Å². The monoisotopic (exact) mass is 609 g/mol. The van der Waals surface area contributed by atoms with Crippen molar-refractivity contribution in [2.24, 2.45) is 4.99 Å². The number of Topliss-reactive ketones (excluding diaryl/α,β-unsaturated/α-hetero) is 1. The Hall–Kier alpha value is 1.000. The SMILES string of the molecule is O=C(C=Nc1cc(OS(=O)(=O)CCI)ccc1SOO[O-])CI.[Na+]. The van der Waals surface area contributed by atoms with Crippen LogP contribution >= 0.6 is 57.2 Å². The van der Waals surface area contributed by atoms with E-state index < -0.39 is 10.1 Å². The number of hydrogen-bond donors (Lipinski definition) is 0. The van der Waals surface area contributed by atoms with Gasteiger partial charge in [0, 0.05) is 10.5 Å². The number of ketones is 1. The van der Waals surface area contributed by atoms with Crippen molar-refractivity contribution in [3.63, 3.8) is 0 Å². The fourth-order valence-electron chi connectivity index (χ4n) is 1.23. The van der Waals surface area contributed by atoms with Crippen LogP contribution in [0.1, 0.15) is 0 Å². The maximum atomic E-state index is 11.7. The largest absolute Gasteiger partial charge is 1.00 e. The first kappa shape index (κ1) is 25.0.